The summed E-state index contributed by atoms with van der Waals surface area (Å²) in [5.74, 6) is 0.192. The van der Waals surface area contributed by atoms with Crippen molar-refractivity contribution in [2.45, 2.75) is 46.2 Å². The molecule has 0 bridgehead atoms. The third-order valence-corrected chi connectivity index (χ3v) is 4.26. The van der Waals surface area contributed by atoms with E-state index in [1.54, 1.807) is 18.2 Å². The number of hydrogen-bond acceptors (Lipinski definition) is 3. The Labute approximate surface area is 142 Å². The molecule has 0 spiro atoms. The lowest BCUT2D eigenvalue weighted by atomic mass is 10.1. The van der Waals surface area contributed by atoms with Crippen LogP contribution in [0.15, 0.2) is 24.3 Å². The molecule has 1 unspecified atom stereocenters. The molecular weight excluding hydrogens is 304 g/mol. The van der Waals surface area contributed by atoms with Gasteiger partial charge in [0.15, 0.2) is 0 Å². The fraction of sp³-hybridized carbons (Fsp3) is 0.444. The molecule has 2 rings (SSSR count). The molecule has 2 aromatic rings. The largest absolute Gasteiger partial charge is 0.508 e. The highest BCUT2D eigenvalue weighted by Gasteiger charge is 2.16. The third-order valence-electron chi connectivity index (χ3n) is 4.26. The number of phenols is 1. The fourth-order valence-electron chi connectivity index (χ4n) is 2.81. The Morgan fingerprint density at radius 3 is 2.58 bits per heavy atom. The lowest BCUT2D eigenvalue weighted by Crippen LogP contribution is -2.42. The topological polar surface area (TPSA) is 79.2 Å². The Morgan fingerprint density at radius 1 is 1.29 bits per heavy atom. The molecule has 1 aromatic heterocycles. The molecule has 0 aliphatic rings. The minimum atomic E-state index is -0.225. The van der Waals surface area contributed by atoms with Gasteiger partial charge >= 0.3 is 6.03 Å². The van der Waals surface area contributed by atoms with Crippen LogP contribution in [0.3, 0.4) is 0 Å². The molecule has 0 aliphatic heterocycles. The number of phenolic OH excluding ortho intramolecular Hbond substituents is 1. The van der Waals surface area contributed by atoms with Crippen LogP contribution in [0.1, 0.15) is 42.4 Å². The number of hydrogen-bond donors (Lipinski definition) is 3. The summed E-state index contributed by atoms with van der Waals surface area (Å²) < 4.78 is 1.86. The predicted molar refractivity (Wildman–Crippen MR) is 94.0 cm³/mol. The van der Waals surface area contributed by atoms with Crippen molar-refractivity contribution >= 4 is 6.03 Å². The van der Waals surface area contributed by atoms with Gasteiger partial charge in [0.25, 0.3) is 0 Å². The molecular formula is C18H26N4O2. The van der Waals surface area contributed by atoms with Crippen LogP contribution in [-0.4, -0.2) is 27.0 Å². The van der Waals surface area contributed by atoms with Crippen LogP contribution in [0.25, 0.3) is 0 Å². The number of amides is 2. The monoisotopic (exact) mass is 330 g/mol. The van der Waals surface area contributed by atoms with Gasteiger partial charge in [-0.05, 0) is 57.4 Å². The molecule has 1 aromatic carbocycles. The van der Waals surface area contributed by atoms with Gasteiger partial charge in [0.1, 0.15) is 5.75 Å². The number of aryl methyl sites for hydroxylation is 2. The van der Waals surface area contributed by atoms with E-state index >= 15 is 0 Å². The Bertz CT molecular complexity index is 724. The van der Waals surface area contributed by atoms with Gasteiger partial charge < -0.3 is 15.7 Å². The Balaban J connectivity index is 1.92. The van der Waals surface area contributed by atoms with Crippen LogP contribution < -0.4 is 10.6 Å². The van der Waals surface area contributed by atoms with Gasteiger partial charge in [-0.25, -0.2) is 4.79 Å². The number of benzene rings is 1. The van der Waals surface area contributed by atoms with Crippen molar-refractivity contribution in [2.24, 2.45) is 7.05 Å². The van der Waals surface area contributed by atoms with E-state index in [1.165, 1.54) is 5.56 Å². The van der Waals surface area contributed by atoms with E-state index in [1.807, 2.05) is 45.5 Å². The first kappa shape index (κ1) is 17.8. The lowest BCUT2D eigenvalue weighted by molar-refractivity contribution is 0.234. The smallest absolute Gasteiger partial charge is 0.315 e. The van der Waals surface area contributed by atoms with Crippen molar-refractivity contribution < 1.29 is 9.90 Å². The van der Waals surface area contributed by atoms with Gasteiger partial charge in [-0.1, -0.05) is 12.1 Å². The second-order valence-corrected chi connectivity index (χ2v) is 6.31. The predicted octanol–water partition coefficient (Wildman–Crippen LogP) is 2.73. The maximum absolute atomic E-state index is 12.2. The van der Waals surface area contributed by atoms with Crippen LogP contribution >= 0.6 is 0 Å². The number of rotatable bonds is 5. The minimum absolute atomic E-state index is 0.0111. The number of urea groups is 1. The quantitative estimate of drug-likeness (QED) is 0.789. The first-order valence-corrected chi connectivity index (χ1v) is 8.13. The summed E-state index contributed by atoms with van der Waals surface area (Å²) in [4.78, 5) is 12.2. The number of carbonyl (C=O) groups is 1. The maximum atomic E-state index is 12.2. The molecule has 0 saturated carbocycles. The van der Waals surface area contributed by atoms with Gasteiger partial charge in [0.2, 0.25) is 0 Å². The molecule has 6 heteroatoms. The highest BCUT2D eigenvalue weighted by Crippen LogP contribution is 2.18. The van der Waals surface area contributed by atoms with Crippen molar-refractivity contribution in [1.82, 2.24) is 20.4 Å². The molecule has 1 heterocycles. The van der Waals surface area contributed by atoms with Crippen LogP contribution in [0.2, 0.25) is 0 Å². The number of aromatic nitrogens is 2. The van der Waals surface area contributed by atoms with Gasteiger partial charge in [0.05, 0.1) is 11.7 Å². The van der Waals surface area contributed by atoms with Crippen LogP contribution in [0, 0.1) is 13.8 Å². The summed E-state index contributed by atoms with van der Waals surface area (Å²) in [5, 5.41) is 19.8. The van der Waals surface area contributed by atoms with E-state index in [0.29, 0.717) is 0 Å². The normalized spacial score (nSPS) is 13.4. The summed E-state index contributed by atoms with van der Waals surface area (Å²) in [6.07, 6.45) is 0.736. The van der Waals surface area contributed by atoms with E-state index in [4.69, 9.17) is 0 Å². The summed E-state index contributed by atoms with van der Waals surface area (Å²) in [6.45, 7) is 7.88. The molecule has 130 valence electrons. The second kappa shape index (κ2) is 7.38. The van der Waals surface area contributed by atoms with E-state index in [9.17, 15) is 9.90 Å². The molecule has 0 fully saturated rings. The van der Waals surface area contributed by atoms with Gasteiger partial charge in [0, 0.05) is 18.8 Å². The average molecular weight is 330 g/mol. The van der Waals surface area contributed by atoms with Gasteiger partial charge in [-0.15, -0.1) is 0 Å². The molecule has 24 heavy (non-hydrogen) atoms. The summed E-state index contributed by atoms with van der Waals surface area (Å²) in [7, 11) is 1.92. The Morgan fingerprint density at radius 2 is 2.00 bits per heavy atom. The number of nitrogens with zero attached hydrogens (tertiary/aromatic N) is 2. The zero-order valence-corrected chi connectivity index (χ0v) is 14.9. The highest BCUT2D eigenvalue weighted by atomic mass is 16.3. The van der Waals surface area contributed by atoms with E-state index in [-0.39, 0.29) is 23.9 Å². The fourth-order valence-corrected chi connectivity index (χ4v) is 2.81. The highest BCUT2D eigenvalue weighted by molar-refractivity contribution is 5.74. The van der Waals surface area contributed by atoms with Crippen molar-refractivity contribution in [3.05, 3.63) is 46.8 Å². The first-order chi connectivity index (χ1) is 11.3. The minimum Gasteiger partial charge on any atom is -0.508 e. The van der Waals surface area contributed by atoms with Crippen molar-refractivity contribution in [2.75, 3.05) is 0 Å². The third kappa shape index (κ3) is 4.28. The first-order valence-electron chi connectivity index (χ1n) is 8.13. The second-order valence-electron chi connectivity index (χ2n) is 6.31. The van der Waals surface area contributed by atoms with Crippen LogP contribution in [0.5, 0.6) is 5.75 Å². The molecule has 0 radical (unpaired) electrons. The standard InChI is InChI=1S/C18H26N4O2/c1-11(9-17-13(3)21-22(5)14(17)4)19-18(24)20-12(2)15-7-6-8-16(23)10-15/h6-8,10-12,23H,9H2,1-5H3,(H2,19,20,24)/t11?,12-/m0/s1. The molecule has 6 nitrogen and oxygen atoms in total. The van der Waals surface area contributed by atoms with Crippen molar-refractivity contribution in [1.29, 1.82) is 0 Å². The maximum Gasteiger partial charge on any atom is 0.315 e. The molecule has 2 atom stereocenters. The van der Waals surface area contributed by atoms with E-state index in [0.717, 1.165) is 23.4 Å². The summed E-state index contributed by atoms with van der Waals surface area (Å²) in [6, 6.07) is 6.47. The Kier molecular flexibility index (Phi) is 5.49. The molecule has 0 aliphatic carbocycles. The van der Waals surface area contributed by atoms with E-state index in [2.05, 4.69) is 15.7 Å². The van der Waals surface area contributed by atoms with Crippen molar-refractivity contribution in [3.63, 3.8) is 0 Å². The van der Waals surface area contributed by atoms with Crippen LogP contribution in [-0.2, 0) is 13.5 Å². The SMILES string of the molecule is Cc1nn(C)c(C)c1CC(C)NC(=O)N[C@@H](C)c1cccc(O)c1. The zero-order valence-electron chi connectivity index (χ0n) is 14.9. The zero-order chi connectivity index (χ0) is 17.9. The summed E-state index contributed by atoms with van der Waals surface area (Å²) in [5.41, 5.74) is 4.15. The molecule has 0 saturated heterocycles. The molecule has 2 amide bonds. The van der Waals surface area contributed by atoms with Crippen LogP contribution in [0.4, 0.5) is 4.79 Å². The Hall–Kier alpha value is -2.50. The average Bonchev–Trinajstić information content (AvgIpc) is 2.73. The van der Waals surface area contributed by atoms with Gasteiger partial charge in [-0.2, -0.15) is 5.10 Å². The lowest BCUT2D eigenvalue weighted by Gasteiger charge is -2.19. The number of aromatic hydroxyl groups is 1. The van der Waals surface area contributed by atoms with Gasteiger partial charge in [-0.3, -0.25) is 4.68 Å². The van der Waals surface area contributed by atoms with E-state index < -0.39 is 0 Å². The summed E-state index contributed by atoms with van der Waals surface area (Å²) >= 11 is 0. The molecule has 3 N–H and O–H groups in total. The van der Waals surface area contributed by atoms with Crippen molar-refractivity contribution in [3.8, 4) is 5.75 Å². The number of carbonyl (C=O) groups excluding carboxylic acids is 1. The number of nitrogens with one attached hydrogen (secondary N) is 2.